The van der Waals surface area contributed by atoms with Crippen molar-refractivity contribution in [3.05, 3.63) is 82.0 Å². The third kappa shape index (κ3) is 7.28. The number of hydrogen-bond acceptors (Lipinski definition) is 6. The van der Waals surface area contributed by atoms with Crippen molar-refractivity contribution in [2.24, 2.45) is 0 Å². The first-order valence-electron chi connectivity index (χ1n) is 12.6. The lowest BCUT2D eigenvalue weighted by molar-refractivity contribution is -0.132. The number of anilines is 1. The van der Waals surface area contributed by atoms with Crippen molar-refractivity contribution in [1.29, 1.82) is 0 Å². The lowest BCUT2D eigenvalue weighted by Gasteiger charge is -2.29. The zero-order chi connectivity index (χ0) is 27.1. The summed E-state index contributed by atoms with van der Waals surface area (Å²) in [6.45, 7) is 4.54. The van der Waals surface area contributed by atoms with Crippen molar-refractivity contribution in [2.45, 2.75) is 50.8 Å². The number of rotatable bonds is 11. The predicted octanol–water partition coefficient (Wildman–Crippen LogP) is 4.41. The molecule has 1 atom stereocenters. The van der Waals surface area contributed by atoms with Gasteiger partial charge in [-0.3, -0.25) is 9.59 Å². The number of carbonyl (C=O) groups excluding carboxylic acids is 2. The van der Waals surface area contributed by atoms with Gasteiger partial charge in [0.1, 0.15) is 0 Å². The molecule has 0 saturated carbocycles. The monoisotopic (exact) mass is 555 g/mol. The Labute approximate surface area is 228 Å². The molecule has 1 aliphatic rings. The summed E-state index contributed by atoms with van der Waals surface area (Å²) in [4.78, 5) is 28.0. The number of benzene rings is 2. The Morgan fingerprint density at radius 3 is 2.39 bits per heavy atom. The van der Waals surface area contributed by atoms with Gasteiger partial charge >= 0.3 is 0 Å². The summed E-state index contributed by atoms with van der Waals surface area (Å²) >= 11 is 1.58. The molecular weight excluding hydrogens is 522 g/mol. The fourth-order valence-corrected chi connectivity index (χ4v) is 6.69. The molecule has 10 heteroatoms. The van der Waals surface area contributed by atoms with Crippen LogP contribution in [0, 0.1) is 6.92 Å². The molecule has 2 heterocycles. The fraction of sp³-hybridized carbons (Fsp3) is 0.357. The van der Waals surface area contributed by atoms with Crippen LogP contribution in [0.5, 0.6) is 0 Å². The number of carbonyl (C=O) groups is 2. The standard InChI is InChI=1S/C28H33N3O5S2/c1-21-14-16-37-27(21)19-30(17-23-7-4-3-5-8-23)28(33)20-31(18-25-9-6-15-36-25)38(34,35)26-12-10-24(11-13-26)29-22(2)32/h3-5,7-8,10-14,16,25H,6,9,15,17-20H2,1-2H3,(H,29,32). The second kappa shape index (κ2) is 12.7. The topological polar surface area (TPSA) is 96.0 Å². The summed E-state index contributed by atoms with van der Waals surface area (Å²) in [5.74, 6) is -0.524. The highest BCUT2D eigenvalue weighted by Gasteiger charge is 2.32. The van der Waals surface area contributed by atoms with Gasteiger partial charge in [-0.1, -0.05) is 30.3 Å². The Morgan fingerprint density at radius 2 is 1.79 bits per heavy atom. The van der Waals surface area contributed by atoms with E-state index in [1.807, 2.05) is 48.7 Å². The van der Waals surface area contributed by atoms with E-state index >= 15 is 0 Å². The molecule has 4 rings (SSSR count). The van der Waals surface area contributed by atoms with Crippen molar-refractivity contribution in [3.63, 3.8) is 0 Å². The van der Waals surface area contributed by atoms with E-state index in [0.29, 0.717) is 25.4 Å². The largest absolute Gasteiger partial charge is 0.377 e. The molecule has 3 aromatic rings. The van der Waals surface area contributed by atoms with E-state index in [1.165, 1.54) is 23.4 Å². The molecule has 0 spiro atoms. The lowest BCUT2D eigenvalue weighted by Crippen LogP contribution is -2.45. The van der Waals surface area contributed by atoms with Gasteiger partial charge in [0.2, 0.25) is 21.8 Å². The van der Waals surface area contributed by atoms with Gasteiger partial charge in [0, 0.05) is 37.2 Å². The third-order valence-electron chi connectivity index (χ3n) is 6.43. The van der Waals surface area contributed by atoms with Gasteiger partial charge in [-0.15, -0.1) is 11.3 Å². The summed E-state index contributed by atoms with van der Waals surface area (Å²) in [6, 6.07) is 17.7. The molecule has 0 aliphatic carbocycles. The van der Waals surface area contributed by atoms with E-state index in [2.05, 4.69) is 5.32 Å². The zero-order valence-electron chi connectivity index (χ0n) is 21.6. The second-order valence-electron chi connectivity index (χ2n) is 9.40. The molecule has 2 aromatic carbocycles. The van der Waals surface area contributed by atoms with Crippen LogP contribution in [0.15, 0.2) is 70.9 Å². The number of hydrogen-bond donors (Lipinski definition) is 1. The van der Waals surface area contributed by atoms with Crippen LogP contribution < -0.4 is 5.32 Å². The SMILES string of the molecule is CC(=O)Nc1ccc(S(=O)(=O)N(CC(=O)N(Cc2ccccc2)Cc2sccc2C)CC2CCCO2)cc1. The molecule has 1 fully saturated rings. The summed E-state index contributed by atoms with van der Waals surface area (Å²) in [5, 5.41) is 4.63. The number of thiophene rings is 1. The van der Waals surface area contributed by atoms with Gasteiger partial charge in [0.25, 0.3) is 0 Å². The first kappa shape index (κ1) is 28.0. The van der Waals surface area contributed by atoms with Crippen LogP contribution in [0.25, 0.3) is 0 Å². The minimum atomic E-state index is -4.01. The number of aryl methyl sites for hydroxylation is 1. The van der Waals surface area contributed by atoms with E-state index in [4.69, 9.17) is 4.74 Å². The van der Waals surface area contributed by atoms with E-state index in [-0.39, 0.29) is 35.9 Å². The molecule has 2 amide bonds. The van der Waals surface area contributed by atoms with Gasteiger partial charge < -0.3 is 15.0 Å². The van der Waals surface area contributed by atoms with E-state index in [0.717, 1.165) is 28.8 Å². The van der Waals surface area contributed by atoms with Crippen molar-refractivity contribution in [2.75, 3.05) is 25.0 Å². The Kier molecular flexibility index (Phi) is 9.32. The van der Waals surface area contributed by atoms with Gasteiger partial charge in [0.05, 0.1) is 24.1 Å². The van der Waals surface area contributed by atoms with Gasteiger partial charge in [0.15, 0.2) is 0 Å². The Bertz CT molecular complexity index is 1330. The van der Waals surface area contributed by atoms with Gasteiger partial charge in [-0.25, -0.2) is 8.42 Å². The quantitative estimate of drug-likeness (QED) is 0.378. The molecule has 1 aliphatic heterocycles. The smallest absolute Gasteiger partial charge is 0.243 e. The molecule has 1 N–H and O–H groups in total. The van der Waals surface area contributed by atoms with Crippen molar-refractivity contribution in [1.82, 2.24) is 9.21 Å². The lowest BCUT2D eigenvalue weighted by atomic mass is 10.2. The van der Waals surface area contributed by atoms with Crippen molar-refractivity contribution < 1.29 is 22.7 Å². The summed E-state index contributed by atoms with van der Waals surface area (Å²) in [7, 11) is -4.01. The molecule has 1 aromatic heterocycles. The van der Waals surface area contributed by atoms with Crippen LogP contribution in [0.4, 0.5) is 5.69 Å². The predicted molar refractivity (Wildman–Crippen MR) is 148 cm³/mol. The van der Waals surface area contributed by atoms with Gasteiger partial charge in [-0.05, 0) is 66.6 Å². The average Bonchev–Trinajstić information content (AvgIpc) is 3.55. The van der Waals surface area contributed by atoms with E-state index in [9.17, 15) is 18.0 Å². The number of nitrogens with zero attached hydrogens (tertiary/aromatic N) is 2. The normalized spacial score (nSPS) is 15.5. The van der Waals surface area contributed by atoms with Crippen LogP contribution in [0.2, 0.25) is 0 Å². The number of amides is 2. The number of nitrogens with one attached hydrogen (secondary N) is 1. The highest BCUT2D eigenvalue weighted by Crippen LogP contribution is 2.24. The Hall–Kier alpha value is -3.05. The molecule has 0 radical (unpaired) electrons. The molecule has 202 valence electrons. The number of ether oxygens (including phenoxy) is 1. The summed E-state index contributed by atoms with van der Waals surface area (Å²) < 4.78 is 34.5. The minimum absolute atomic E-state index is 0.0566. The van der Waals surface area contributed by atoms with Crippen LogP contribution in [0.3, 0.4) is 0 Å². The van der Waals surface area contributed by atoms with Crippen LogP contribution >= 0.6 is 11.3 Å². The van der Waals surface area contributed by atoms with Crippen molar-refractivity contribution in [3.8, 4) is 0 Å². The minimum Gasteiger partial charge on any atom is -0.377 e. The Balaban J connectivity index is 1.60. The molecule has 0 bridgehead atoms. The highest BCUT2D eigenvalue weighted by molar-refractivity contribution is 7.89. The van der Waals surface area contributed by atoms with E-state index in [1.54, 1.807) is 28.4 Å². The summed E-state index contributed by atoms with van der Waals surface area (Å²) in [6.07, 6.45) is 1.33. The maximum Gasteiger partial charge on any atom is 0.243 e. The molecule has 38 heavy (non-hydrogen) atoms. The second-order valence-corrected chi connectivity index (χ2v) is 12.3. The molecule has 8 nitrogen and oxygen atoms in total. The van der Waals surface area contributed by atoms with Crippen LogP contribution in [-0.4, -0.2) is 55.2 Å². The van der Waals surface area contributed by atoms with E-state index < -0.39 is 10.0 Å². The average molecular weight is 556 g/mol. The molecular formula is C28H33N3O5S2. The first-order valence-corrected chi connectivity index (χ1v) is 14.9. The van der Waals surface area contributed by atoms with Crippen LogP contribution in [0.1, 0.15) is 35.8 Å². The van der Waals surface area contributed by atoms with Crippen LogP contribution in [-0.2, 0) is 37.4 Å². The maximum atomic E-state index is 13.8. The fourth-order valence-electron chi connectivity index (χ4n) is 4.35. The molecule has 1 saturated heterocycles. The summed E-state index contributed by atoms with van der Waals surface area (Å²) in [5.41, 5.74) is 2.57. The Morgan fingerprint density at radius 1 is 1.05 bits per heavy atom. The highest BCUT2D eigenvalue weighted by atomic mass is 32.2. The zero-order valence-corrected chi connectivity index (χ0v) is 23.3. The molecule has 1 unspecified atom stereocenters. The first-order chi connectivity index (χ1) is 18.2. The maximum absolute atomic E-state index is 13.8. The third-order valence-corrected chi connectivity index (χ3v) is 9.26. The van der Waals surface area contributed by atoms with Gasteiger partial charge in [-0.2, -0.15) is 4.31 Å². The van der Waals surface area contributed by atoms with Crippen molar-refractivity contribution >= 4 is 38.9 Å². The number of sulfonamides is 1.